The molecule has 1 fully saturated rings. The maximum absolute atomic E-state index is 12.3. The molecule has 0 radical (unpaired) electrons. The van der Waals surface area contributed by atoms with Gasteiger partial charge in [-0.25, -0.2) is 9.97 Å². The Morgan fingerprint density at radius 1 is 1.14 bits per heavy atom. The molecule has 1 amide bonds. The molecule has 0 saturated carbocycles. The zero-order valence-electron chi connectivity index (χ0n) is 17.3. The molecule has 0 bridgehead atoms. The first-order chi connectivity index (χ1) is 13.9. The first-order valence-corrected chi connectivity index (χ1v) is 11.6. The maximum atomic E-state index is 12.3. The smallest absolute Gasteiger partial charge is 0.251 e. The van der Waals surface area contributed by atoms with Gasteiger partial charge in [-0.2, -0.15) is 0 Å². The van der Waals surface area contributed by atoms with E-state index >= 15 is 0 Å². The first-order valence-electron chi connectivity index (χ1n) is 10.2. The van der Waals surface area contributed by atoms with Crippen molar-refractivity contribution in [2.75, 3.05) is 18.0 Å². The third-order valence-corrected chi connectivity index (χ3v) is 6.40. The second kappa shape index (κ2) is 10.3. The van der Waals surface area contributed by atoms with E-state index in [0.717, 1.165) is 30.2 Å². The molecule has 1 aromatic carbocycles. The molecule has 1 unspecified atom stereocenters. The molecule has 1 aliphatic heterocycles. The lowest BCUT2D eigenvalue weighted by molar-refractivity contribution is 0.0930. The topological polar surface area (TPSA) is 58.1 Å². The summed E-state index contributed by atoms with van der Waals surface area (Å²) in [7, 11) is 0. The molecule has 3 rings (SSSR count). The lowest BCUT2D eigenvalue weighted by Gasteiger charge is -2.27. The largest absolute Gasteiger partial charge is 0.356 e. The highest BCUT2D eigenvalue weighted by molar-refractivity contribution is 7.98. The van der Waals surface area contributed by atoms with E-state index in [1.807, 2.05) is 37.3 Å². The van der Waals surface area contributed by atoms with Crippen molar-refractivity contribution in [1.82, 2.24) is 15.3 Å². The van der Waals surface area contributed by atoms with Gasteiger partial charge < -0.3 is 10.2 Å². The molecule has 29 heavy (non-hydrogen) atoms. The zero-order valence-corrected chi connectivity index (χ0v) is 18.9. The molecular weight excluding hydrogens is 404 g/mol. The number of aromatic nitrogens is 2. The van der Waals surface area contributed by atoms with Gasteiger partial charge in [0.2, 0.25) is 0 Å². The van der Waals surface area contributed by atoms with E-state index in [-0.39, 0.29) is 11.9 Å². The number of benzene rings is 1. The van der Waals surface area contributed by atoms with E-state index < -0.39 is 0 Å². The molecule has 1 atom stereocenters. The molecule has 0 aliphatic carbocycles. The highest BCUT2D eigenvalue weighted by Crippen LogP contribution is 2.26. The van der Waals surface area contributed by atoms with Crippen molar-refractivity contribution < 1.29 is 4.79 Å². The number of nitrogens with zero attached hydrogens (tertiary/aromatic N) is 3. The Balaban J connectivity index is 1.60. The van der Waals surface area contributed by atoms with Crippen molar-refractivity contribution in [3.8, 4) is 0 Å². The SMILES string of the molecule is CC(C)C(C)NC(=O)c1ccc(CSc2nc(Cl)cc(N3CCCCC3)n2)cc1. The summed E-state index contributed by atoms with van der Waals surface area (Å²) in [5, 5.41) is 4.20. The number of hydrogen-bond acceptors (Lipinski definition) is 5. The number of halogens is 1. The van der Waals surface area contributed by atoms with Crippen LogP contribution in [0.2, 0.25) is 5.15 Å². The lowest BCUT2D eigenvalue weighted by Crippen LogP contribution is -2.36. The summed E-state index contributed by atoms with van der Waals surface area (Å²) in [6.45, 7) is 8.27. The van der Waals surface area contributed by atoms with Crippen molar-refractivity contribution in [2.45, 2.75) is 57.0 Å². The van der Waals surface area contributed by atoms with Crippen LogP contribution in [-0.2, 0) is 5.75 Å². The van der Waals surface area contributed by atoms with Crippen molar-refractivity contribution in [3.05, 3.63) is 46.6 Å². The standard InChI is InChI=1S/C22H29ClN4OS/c1-15(2)16(3)24-21(28)18-9-7-17(8-10-18)14-29-22-25-19(23)13-20(26-22)27-11-5-4-6-12-27/h7-10,13,15-16H,4-6,11-12,14H2,1-3H3,(H,24,28). The van der Waals surface area contributed by atoms with Crippen LogP contribution in [0, 0.1) is 5.92 Å². The Morgan fingerprint density at radius 3 is 2.48 bits per heavy atom. The predicted octanol–water partition coefficient (Wildman–Crippen LogP) is 5.19. The minimum Gasteiger partial charge on any atom is -0.356 e. The second-order valence-electron chi connectivity index (χ2n) is 7.87. The number of nitrogens with one attached hydrogen (secondary N) is 1. The lowest BCUT2D eigenvalue weighted by atomic mass is 10.1. The molecule has 2 heterocycles. The monoisotopic (exact) mass is 432 g/mol. The fraction of sp³-hybridized carbons (Fsp3) is 0.500. The van der Waals surface area contributed by atoms with Crippen LogP contribution in [-0.4, -0.2) is 35.0 Å². The van der Waals surface area contributed by atoms with Gasteiger partial charge in [0, 0.05) is 36.5 Å². The number of carbonyl (C=O) groups is 1. The van der Waals surface area contributed by atoms with Gasteiger partial charge in [0.25, 0.3) is 5.91 Å². The van der Waals surface area contributed by atoms with Crippen molar-refractivity contribution >= 4 is 35.1 Å². The van der Waals surface area contributed by atoms with Crippen LogP contribution >= 0.6 is 23.4 Å². The van der Waals surface area contributed by atoms with Crippen LogP contribution in [0.15, 0.2) is 35.5 Å². The normalized spacial score (nSPS) is 15.4. The molecule has 0 spiro atoms. The predicted molar refractivity (Wildman–Crippen MR) is 121 cm³/mol. The number of anilines is 1. The van der Waals surface area contributed by atoms with E-state index in [2.05, 4.69) is 29.0 Å². The molecule has 5 nitrogen and oxygen atoms in total. The highest BCUT2D eigenvalue weighted by Gasteiger charge is 2.15. The van der Waals surface area contributed by atoms with Gasteiger partial charge >= 0.3 is 0 Å². The number of rotatable bonds is 7. The fourth-order valence-corrected chi connectivity index (χ4v) is 4.13. The fourth-order valence-electron chi connectivity index (χ4n) is 3.09. The molecule has 1 aliphatic rings. The summed E-state index contributed by atoms with van der Waals surface area (Å²) in [4.78, 5) is 23.7. The van der Waals surface area contributed by atoms with Gasteiger partial charge in [0.15, 0.2) is 5.16 Å². The molecule has 7 heteroatoms. The number of amides is 1. The first kappa shape index (κ1) is 21.9. The molecule has 1 saturated heterocycles. The van der Waals surface area contributed by atoms with E-state index in [9.17, 15) is 4.79 Å². The summed E-state index contributed by atoms with van der Waals surface area (Å²) < 4.78 is 0. The molecular formula is C22H29ClN4OS. The number of piperidine rings is 1. The van der Waals surface area contributed by atoms with Crippen molar-refractivity contribution in [1.29, 1.82) is 0 Å². The van der Waals surface area contributed by atoms with Gasteiger partial charge in [-0.3, -0.25) is 4.79 Å². The molecule has 2 aromatic rings. The van der Waals surface area contributed by atoms with Gasteiger partial charge in [-0.05, 0) is 49.8 Å². The molecule has 1 aromatic heterocycles. The van der Waals surface area contributed by atoms with Crippen LogP contribution in [0.25, 0.3) is 0 Å². The highest BCUT2D eigenvalue weighted by atomic mass is 35.5. The average Bonchev–Trinajstić information content (AvgIpc) is 2.72. The Hall–Kier alpha value is -1.79. The Labute approximate surface area is 182 Å². The quantitative estimate of drug-likeness (QED) is 0.370. The summed E-state index contributed by atoms with van der Waals surface area (Å²) in [5.74, 6) is 2.01. The number of hydrogen-bond donors (Lipinski definition) is 1. The Morgan fingerprint density at radius 2 is 1.83 bits per heavy atom. The van der Waals surface area contributed by atoms with Crippen LogP contribution in [0.5, 0.6) is 0 Å². The zero-order chi connectivity index (χ0) is 20.8. The van der Waals surface area contributed by atoms with Crippen LogP contribution in [0.4, 0.5) is 5.82 Å². The third-order valence-electron chi connectivity index (χ3n) is 5.28. The van der Waals surface area contributed by atoms with E-state index in [4.69, 9.17) is 16.6 Å². The van der Waals surface area contributed by atoms with Gasteiger partial charge in [0.05, 0.1) is 0 Å². The van der Waals surface area contributed by atoms with E-state index in [1.54, 1.807) is 11.8 Å². The second-order valence-corrected chi connectivity index (χ2v) is 9.20. The summed E-state index contributed by atoms with van der Waals surface area (Å²) >= 11 is 7.80. The number of thioether (sulfide) groups is 1. The number of carbonyl (C=O) groups excluding carboxylic acids is 1. The van der Waals surface area contributed by atoms with Gasteiger partial charge in [-0.15, -0.1) is 0 Å². The summed E-state index contributed by atoms with van der Waals surface area (Å²) in [6.07, 6.45) is 3.67. The van der Waals surface area contributed by atoms with Crippen LogP contribution < -0.4 is 10.2 Å². The molecule has 1 N–H and O–H groups in total. The third kappa shape index (κ3) is 6.34. The van der Waals surface area contributed by atoms with Crippen molar-refractivity contribution in [3.63, 3.8) is 0 Å². The molecule has 156 valence electrons. The van der Waals surface area contributed by atoms with E-state index in [1.165, 1.54) is 19.3 Å². The average molecular weight is 433 g/mol. The summed E-state index contributed by atoms with van der Waals surface area (Å²) in [5.41, 5.74) is 1.80. The Kier molecular flexibility index (Phi) is 7.78. The van der Waals surface area contributed by atoms with Crippen LogP contribution in [0.3, 0.4) is 0 Å². The minimum atomic E-state index is -0.0326. The van der Waals surface area contributed by atoms with E-state index in [0.29, 0.717) is 21.8 Å². The summed E-state index contributed by atoms with van der Waals surface area (Å²) in [6, 6.07) is 9.71. The minimum absolute atomic E-state index is 0.0326. The van der Waals surface area contributed by atoms with Gasteiger partial charge in [0.1, 0.15) is 11.0 Å². The van der Waals surface area contributed by atoms with Gasteiger partial charge in [-0.1, -0.05) is 49.3 Å². The Bertz CT molecular complexity index is 822. The van der Waals surface area contributed by atoms with Crippen LogP contribution in [0.1, 0.15) is 56.0 Å². The van der Waals surface area contributed by atoms with Crippen molar-refractivity contribution in [2.24, 2.45) is 5.92 Å². The maximum Gasteiger partial charge on any atom is 0.251 e.